The highest BCUT2D eigenvalue weighted by Crippen LogP contribution is 2.33. The van der Waals surface area contributed by atoms with Gasteiger partial charge in [0.15, 0.2) is 0 Å². The summed E-state index contributed by atoms with van der Waals surface area (Å²) >= 11 is 0. The van der Waals surface area contributed by atoms with E-state index in [2.05, 4.69) is 28.7 Å². The van der Waals surface area contributed by atoms with Crippen molar-refractivity contribution in [3.05, 3.63) is 17.2 Å². The van der Waals surface area contributed by atoms with Gasteiger partial charge in [0.25, 0.3) is 0 Å². The van der Waals surface area contributed by atoms with Crippen molar-refractivity contribution in [2.75, 3.05) is 26.2 Å². The molecule has 3 rings (SSSR count). The average Bonchev–Trinajstić information content (AvgIpc) is 3.26. The van der Waals surface area contributed by atoms with Crippen molar-refractivity contribution in [3.8, 4) is 12.1 Å². The first-order chi connectivity index (χ1) is 13.2. The number of aromatic nitrogens is 2. The summed E-state index contributed by atoms with van der Waals surface area (Å²) in [6.45, 7) is 2.01. The highest BCUT2D eigenvalue weighted by molar-refractivity contribution is 5.78. The van der Waals surface area contributed by atoms with E-state index < -0.39 is 0 Å². The van der Waals surface area contributed by atoms with E-state index >= 15 is 0 Å². The van der Waals surface area contributed by atoms with E-state index in [-0.39, 0.29) is 11.9 Å². The van der Waals surface area contributed by atoms with Crippen LogP contribution in [0.2, 0.25) is 0 Å². The average molecular weight is 368 g/mol. The van der Waals surface area contributed by atoms with E-state index in [0.29, 0.717) is 32.5 Å². The summed E-state index contributed by atoms with van der Waals surface area (Å²) in [5.41, 5.74) is 2.60. The van der Waals surface area contributed by atoms with Gasteiger partial charge in [-0.3, -0.25) is 9.69 Å². The summed E-state index contributed by atoms with van der Waals surface area (Å²) in [4.78, 5) is 21.6. The number of imidazole rings is 1. The minimum Gasteiger partial charge on any atom is -0.340 e. The molecule has 0 N–H and O–H groups in total. The Hall–Kier alpha value is -2.38. The number of aryl methyl sites for hydroxylation is 1. The van der Waals surface area contributed by atoms with E-state index in [1.54, 1.807) is 4.90 Å². The zero-order valence-electron chi connectivity index (χ0n) is 16.2. The van der Waals surface area contributed by atoms with Crippen LogP contribution in [0.5, 0.6) is 0 Å². The zero-order valence-corrected chi connectivity index (χ0v) is 16.2. The third-order valence-corrected chi connectivity index (χ3v) is 5.75. The summed E-state index contributed by atoms with van der Waals surface area (Å²) in [6.07, 6.45) is 7.28. The minimum atomic E-state index is 0.00590. The van der Waals surface area contributed by atoms with Gasteiger partial charge >= 0.3 is 0 Å². The largest absolute Gasteiger partial charge is 0.340 e. The van der Waals surface area contributed by atoms with Crippen LogP contribution >= 0.6 is 0 Å². The first-order valence-electron chi connectivity index (χ1n) is 9.95. The number of nitrogens with zero attached hydrogens (tertiary/aromatic N) is 6. The molecule has 1 aliphatic heterocycles. The number of fused-ring (bicyclic) bond motifs is 1. The third kappa shape index (κ3) is 4.31. The lowest BCUT2D eigenvalue weighted by Gasteiger charge is -2.27. The normalized spacial score (nSPS) is 19.3. The van der Waals surface area contributed by atoms with Gasteiger partial charge in [-0.15, -0.1) is 0 Å². The molecule has 1 aromatic rings. The number of nitriles is 2. The first-order valence-corrected chi connectivity index (χ1v) is 9.95. The quantitative estimate of drug-likeness (QED) is 0.735. The molecule has 0 bridgehead atoms. The predicted octanol–water partition coefficient (Wildman–Crippen LogP) is 2.09. The number of carbonyl (C=O) groups excluding carboxylic acids is 1. The minimum absolute atomic E-state index is 0.00590. The van der Waals surface area contributed by atoms with Crippen LogP contribution in [0.15, 0.2) is 0 Å². The second-order valence-corrected chi connectivity index (χ2v) is 7.46. The molecular weight excluding hydrogens is 340 g/mol. The van der Waals surface area contributed by atoms with Gasteiger partial charge in [-0.05, 0) is 45.1 Å². The standard InChI is InChI=1S/C20H28N6O/c1-24-17-8-3-2-7-16(17)23-20(24)18-9-4-12-26(18)15-19(27)25(13-5-10-21)14-6-11-22/h18H,2-9,12-15H2,1H3/t18-/m0/s1. The van der Waals surface area contributed by atoms with E-state index in [0.717, 1.165) is 38.1 Å². The Labute approximate surface area is 161 Å². The summed E-state index contributed by atoms with van der Waals surface area (Å²) < 4.78 is 2.26. The van der Waals surface area contributed by atoms with Crippen molar-refractivity contribution >= 4 is 5.91 Å². The van der Waals surface area contributed by atoms with Crippen LogP contribution in [-0.2, 0) is 24.7 Å². The van der Waals surface area contributed by atoms with Gasteiger partial charge in [-0.25, -0.2) is 4.98 Å². The molecular formula is C20H28N6O. The van der Waals surface area contributed by atoms with Crippen LogP contribution in [0.3, 0.4) is 0 Å². The molecule has 1 aromatic heterocycles. The summed E-state index contributed by atoms with van der Waals surface area (Å²) in [5.74, 6) is 1.10. The molecule has 0 aromatic carbocycles. The summed E-state index contributed by atoms with van der Waals surface area (Å²) in [6, 6.07) is 4.36. The Balaban J connectivity index is 1.71. The van der Waals surface area contributed by atoms with Crippen molar-refractivity contribution in [2.24, 2.45) is 7.05 Å². The van der Waals surface area contributed by atoms with Gasteiger partial charge in [0.2, 0.25) is 5.91 Å². The van der Waals surface area contributed by atoms with Crippen molar-refractivity contribution in [2.45, 2.75) is 57.4 Å². The van der Waals surface area contributed by atoms with E-state index in [4.69, 9.17) is 15.5 Å². The molecule has 0 saturated carbocycles. The van der Waals surface area contributed by atoms with Crippen molar-refractivity contribution in [3.63, 3.8) is 0 Å². The number of hydrogen-bond donors (Lipinski definition) is 0. The van der Waals surface area contributed by atoms with Gasteiger partial charge in [-0.1, -0.05) is 0 Å². The maximum Gasteiger partial charge on any atom is 0.236 e. The van der Waals surface area contributed by atoms with E-state index in [1.807, 2.05) is 0 Å². The Morgan fingerprint density at radius 2 is 1.89 bits per heavy atom. The molecule has 1 aliphatic carbocycles. The van der Waals surface area contributed by atoms with Gasteiger partial charge in [0.05, 0.1) is 43.3 Å². The molecule has 2 heterocycles. The lowest BCUT2D eigenvalue weighted by molar-refractivity contribution is -0.132. The maximum absolute atomic E-state index is 12.8. The van der Waals surface area contributed by atoms with Crippen LogP contribution in [0.25, 0.3) is 0 Å². The summed E-state index contributed by atoms with van der Waals surface area (Å²) in [7, 11) is 2.11. The van der Waals surface area contributed by atoms with E-state index in [1.165, 1.54) is 24.2 Å². The van der Waals surface area contributed by atoms with Crippen LogP contribution in [0, 0.1) is 22.7 Å². The molecule has 27 heavy (non-hydrogen) atoms. The Bertz CT molecular complexity index is 738. The van der Waals surface area contributed by atoms with Crippen molar-refractivity contribution in [1.82, 2.24) is 19.4 Å². The highest BCUT2D eigenvalue weighted by atomic mass is 16.2. The molecule has 2 aliphatic rings. The molecule has 0 radical (unpaired) electrons. The number of hydrogen-bond acceptors (Lipinski definition) is 5. The van der Waals surface area contributed by atoms with E-state index in [9.17, 15) is 4.79 Å². The SMILES string of the molecule is Cn1c([C@@H]2CCCN2CC(=O)N(CCC#N)CCC#N)nc2c1CCCC2. The Morgan fingerprint density at radius 1 is 1.19 bits per heavy atom. The topological polar surface area (TPSA) is 89.0 Å². The third-order valence-electron chi connectivity index (χ3n) is 5.75. The molecule has 144 valence electrons. The molecule has 1 atom stereocenters. The second-order valence-electron chi connectivity index (χ2n) is 7.46. The molecule has 0 spiro atoms. The molecule has 0 unspecified atom stereocenters. The smallest absolute Gasteiger partial charge is 0.236 e. The number of carbonyl (C=O) groups is 1. The van der Waals surface area contributed by atoms with Crippen LogP contribution < -0.4 is 0 Å². The number of amides is 1. The molecule has 7 heteroatoms. The van der Waals surface area contributed by atoms with Crippen LogP contribution in [0.1, 0.15) is 61.8 Å². The second kappa shape index (κ2) is 9.01. The van der Waals surface area contributed by atoms with Crippen molar-refractivity contribution in [1.29, 1.82) is 10.5 Å². The van der Waals surface area contributed by atoms with Gasteiger partial charge in [0, 0.05) is 25.8 Å². The molecule has 7 nitrogen and oxygen atoms in total. The number of rotatable bonds is 7. The molecule has 1 fully saturated rings. The van der Waals surface area contributed by atoms with Crippen molar-refractivity contribution < 1.29 is 4.79 Å². The fraction of sp³-hybridized carbons (Fsp3) is 0.700. The van der Waals surface area contributed by atoms with Gasteiger partial charge < -0.3 is 9.47 Å². The van der Waals surface area contributed by atoms with Gasteiger partial charge in [0.1, 0.15) is 5.82 Å². The Kier molecular flexibility index (Phi) is 6.47. The highest BCUT2D eigenvalue weighted by Gasteiger charge is 2.33. The maximum atomic E-state index is 12.8. The monoisotopic (exact) mass is 368 g/mol. The fourth-order valence-electron chi connectivity index (χ4n) is 4.32. The zero-order chi connectivity index (χ0) is 19.2. The lowest BCUT2D eigenvalue weighted by Crippen LogP contribution is -2.41. The molecule has 1 saturated heterocycles. The lowest BCUT2D eigenvalue weighted by atomic mass is 10.0. The Morgan fingerprint density at radius 3 is 2.56 bits per heavy atom. The predicted molar refractivity (Wildman–Crippen MR) is 100 cm³/mol. The number of likely N-dealkylation sites (tertiary alicyclic amines) is 1. The first kappa shape index (κ1) is 19.4. The summed E-state index contributed by atoms with van der Waals surface area (Å²) in [5, 5.41) is 17.7. The van der Waals surface area contributed by atoms with Crippen LogP contribution in [0.4, 0.5) is 0 Å². The molecule has 1 amide bonds. The van der Waals surface area contributed by atoms with Crippen LogP contribution in [-0.4, -0.2) is 51.4 Å². The van der Waals surface area contributed by atoms with Gasteiger partial charge in [-0.2, -0.15) is 10.5 Å². The fourth-order valence-corrected chi connectivity index (χ4v) is 4.32.